The Hall–Kier alpha value is -2.70. The predicted molar refractivity (Wildman–Crippen MR) is 113 cm³/mol. The lowest BCUT2D eigenvalue weighted by Gasteiger charge is -2.13. The first-order valence-corrected chi connectivity index (χ1v) is 9.79. The smallest absolute Gasteiger partial charge is 0.265 e. The minimum Gasteiger partial charge on any atom is -0.265 e. The van der Waals surface area contributed by atoms with Gasteiger partial charge < -0.3 is 0 Å². The van der Waals surface area contributed by atoms with E-state index in [1.165, 1.54) is 21.5 Å². The molecule has 0 amide bonds. The minimum absolute atomic E-state index is 0.0657. The van der Waals surface area contributed by atoms with Gasteiger partial charge in [0.1, 0.15) is 11.3 Å². The number of hydrogen-bond acceptors (Lipinski definition) is 3. The molecule has 2 aromatic carbocycles. The molecule has 4 rings (SSSR count). The Balaban J connectivity index is 1.93. The lowest BCUT2D eigenvalue weighted by atomic mass is 10.1. The predicted octanol–water partition coefficient (Wildman–Crippen LogP) is 5.20. The highest BCUT2D eigenvalue weighted by molar-refractivity contribution is 6.35. The van der Waals surface area contributed by atoms with Gasteiger partial charge in [0.25, 0.3) is 5.56 Å². The third-order valence-electron chi connectivity index (χ3n) is 4.66. The number of fused-ring (bicyclic) bond motifs is 1. The van der Waals surface area contributed by atoms with Gasteiger partial charge in [-0.1, -0.05) is 43.1 Å². The average Bonchev–Trinajstić information content (AvgIpc) is 3.11. The molecule has 0 spiro atoms. The van der Waals surface area contributed by atoms with E-state index < -0.39 is 0 Å². The van der Waals surface area contributed by atoms with E-state index in [1.54, 1.807) is 36.5 Å². The molecule has 8 heteroatoms. The van der Waals surface area contributed by atoms with Gasteiger partial charge in [-0.25, -0.2) is 13.8 Å². The molecule has 2 aromatic heterocycles. The van der Waals surface area contributed by atoms with Gasteiger partial charge in [0, 0.05) is 15.4 Å². The second kappa shape index (κ2) is 7.61. The number of hydrogen-bond donors (Lipinski definition) is 0. The number of halogens is 3. The fourth-order valence-electron chi connectivity index (χ4n) is 3.22. The summed E-state index contributed by atoms with van der Waals surface area (Å²) >= 11 is 12.3. The van der Waals surface area contributed by atoms with Gasteiger partial charge in [-0.2, -0.15) is 10.2 Å². The first kappa shape index (κ1) is 19.6. The van der Waals surface area contributed by atoms with Crippen LogP contribution < -0.4 is 5.56 Å². The van der Waals surface area contributed by atoms with Crippen LogP contribution in [0.1, 0.15) is 31.0 Å². The lowest BCUT2D eigenvalue weighted by Crippen LogP contribution is -2.27. The SMILES string of the molecule is CC(C)c1nn(Cc2ccc(Cl)cc2Cl)c(=O)c2c1cnn2-c1ccc(F)cc1. The van der Waals surface area contributed by atoms with Crippen molar-refractivity contribution in [3.63, 3.8) is 0 Å². The molecule has 5 nitrogen and oxygen atoms in total. The Morgan fingerprint density at radius 1 is 1.10 bits per heavy atom. The Kier molecular flexibility index (Phi) is 5.15. The third kappa shape index (κ3) is 3.66. The summed E-state index contributed by atoms with van der Waals surface area (Å²) in [6.45, 7) is 4.20. The normalized spacial score (nSPS) is 11.5. The third-order valence-corrected chi connectivity index (χ3v) is 5.25. The summed E-state index contributed by atoms with van der Waals surface area (Å²) in [7, 11) is 0. The first-order chi connectivity index (χ1) is 13.8. The fraction of sp³-hybridized carbons (Fsp3) is 0.190. The topological polar surface area (TPSA) is 52.7 Å². The summed E-state index contributed by atoms with van der Waals surface area (Å²) in [6, 6.07) is 11.0. The van der Waals surface area contributed by atoms with Crippen molar-refractivity contribution in [2.75, 3.05) is 0 Å². The molecule has 0 N–H and O–H groups in total. The number of benzene rings is 2. The molecule has 4 aromatic rings. The summed E-state index contributed by atoms with van der Waals surface area (Å²) in [5.41, 5.74) is 2.15. The molecular formula is C21H17Cl2FN4O. The molecule has 0 atom stereocenters. The number of rotatable bonds is 4. The summed E-state index contributed by atoms with van der Waals surface area (Å²) in [6.07, 6.45) is 1.63. The van der Waals surface area contributed by atoms with Crippen LogP contribution in [0.5, 0.6) is 0 Å². The molecule has 0 aliphatic carbocycles. The Labute approximate surface area is 176 Å². The minimum atomic E-state index is -0.357. The molecule has 29 heavy (non-hydrogen) atoms. The van der Waals surface area contributed by atoms with Crippen LogP contribution in [0.2, 0.25) is 10.0 Å². The van der Waals surface area contributed by atoms with E-state index in [2.05, 4.69) is 10.2 Å². The Morgan fingerprint density at radius 2 is 1.83 bits per heavy atom. The van der Waals surface area contributed by atoms with Crippen molar-refractivity contribution < 1.29 is 4.39 Å². The van der Waals surface area contributed by atoms with Crippen molar-refractivity contribution in [1.29, 1.82) is 0 Å². The average molecular weight is 431 g/mol. The zero-order valence-electron chi connectivity index (χ0n) is 15.7. The highest BCUT2D eigenvalue weighted by Gasteiger charge is 2.19. The van der Waals surface area contributed by atoms with Crippen molar-refractivity contribution in [3.8, 4) is 5.69 Å². The highest BCUT2D eigenvalue weighted by Crippen LogP contribution is 2.25. The van der Waals surface area contributed by atoms with Crippen LogP contribution in [0.3, 0.4) is 0 Å². The number of nitrogens with zero attached hydrogens (tertiary/aromatic N) is 4. The van der Waals surface area contributed by atoms with Crippen molar-refractivity contribution >= 4 is 34.1 Å². The Bertz CT molecular complexity index is 1260. The maximum absolute atomic E-state index is 13.3. The van der Waals surface area contributed by atoms with Crippen molar-refractivity contribution in [2.45, 2.75) is 26.3 Å². The second-order valence-corrected chi connectivity index (χ2v) is 7.88. The summed E-state index contributed by atoms with van der Waals surface area (Å²) < 4.78 is 16.2. The molecular weight excluding hydrogens is 414 g/mol. The molecule has 2 heterocycles. The van der Waals surface area contributed by atoms with Crippen molar-refractivity contribution in [1.82, 2.24) is 19.6 Å². The van der Waals surface area contributed by atoms with Gasteiger partial charge in [0.05, 0.1) is 24.1 Å². The standard InChI is InChI=1S/C21H17Cl2FN4O/c1-12(2)19-17-10-25-28(16-7-5-15(24)6-8-16)20(17)21(29)27(26-19)11-13-3-4-14(22)9-18(13)23/h3-10,12H,11H2,1-2H3. The van der Waals surface area contributed by atoms with E-state index in [1.807, 2.05) is 13.8 Å². The van der Waals surface area contributed by atoms with Crippen LogP contribution in [0.4, 0.5) is 4.39 Å². The van der Waals surface area contributed by atoms with Gasteiger partial charge in [-0.05, 0) is 47.9 Å². The molecule has 0 saturated carbocycles. The number of aromatic nitrogens is 4. The maximum atomic E-state index is 13.3. The zero-order chi connectivity index (χ0) is 20.7. The molecule has 0 bridgehead atoms. The summed E-state index contributed by atoms with van der Waals surface area (Å²) in [5, 5.41) is 10.6. The van der Waals surface area contributed by atoms with Gasteiger partial charge in [0.15, 0.2) is 0 Å². The monoisotopic (exact) mass is 430 g/mol. The molecule has 148 valence electrons. The van der Waals surface area contributed by atoms with E-state index in [9.17, 15) is 9.18 Å². The summed E-state index contributed by atoms with van der Waals surface area (Å²) in [5.74, 6) is -0.291. The molecule has 0 aliphatic rings. The van der Waals surface area contributed by atoms with E-state index >= 15 is 0 Å². The first-order valence-electron chi connectivity index (χ1n) is 9.03. The van der Waals surface area contributed by atoms with E-state index in [0.717, 1.165) is 11.3 Å². The Morgan fingerprint density at radius 3 is 2.48 bits per heavy atom. The highest BCUT2D eigenvalue weighted by atomic mass is 35.5. The molecule has 0 aliphatic heterocycles. The van der Waals surface area contributed by atoms with Gasteiger partial charge in [0.2, 0.25) is 0 Å². The van der Waals surface area contributed by atoms with Gasteiger partial charge in [-0.15, -0.1) is 0 Å². The second-order valence-electron chi connectivity index (χ2n) is 7.03. The van der Waals surface area contributed by atoms with E-state index in [4.69, 9.17) is 23.2 Å². The van der Waals surface area contributed by atoms with Gasteiger partial charge in [-0.3, -0.25) is 4.79 Å². The van der Waals surface area contributed by atoms with Crippen LogP contribution in [-0.4, -0.2) is 19.6 Å². The summed E-state index contributed by atoms with van der Waals surface area (Å²) in [4.78, 5) is 13.3. The van der Waals surface area contributed by atoms with Crippen LogP contribution >= 0.6 is 23.2 Å². The molecule has 0 unspecified atom stereocenters. The van der Waals surface area contributed by atoms with Crippen molar-refractivity contribution in [2.24, 2.45) is 0 Å². The zero-order valence-corrected chi connectivity index (χ0v) is 17.2. The van der Waals surface area contributed by atoms with Crippen LogP contribution in [0, 0.1) is 5.82 Å². The van der Waals surface area contributed by atoms with E-state index in [-0.39, 0.29) is 23.8 Å². The van der Waals surface area contributed by atoms with E-state index in [0.29, 0.717) is 26.6 Å². The largest absolute Gasteiger partial charge is 0.293 e. The van der Waals surface area contributed by atoms with Crippen molar-refractivity contribution in [3.05, 3.63) is 86.1 Å². The van der Waals surface area contributed by atoms with Crippen LogP contribution in [-0.2, 0) is 6.54 Å². The van der Waals surface area contributed by atoms with Gasteiger partial charge >= 0.3 is 0 Å². The lowest BCUT2D eigenvalue weighted by molar-refractivity contribution is 0.612. The molecule has 0 radical (unpaired) electrons. The molecule has 0 saturated heterocycles. The van der Waals surface area contributed by atoms with Crippen LogP contribution in [0.25, 0.3) is 16.6 Å². The maximum Gasteiger partial charge on any atom is 0.293 e. The van der Waals surface area contributed by atoms with Crippen LogP contribution in [0.15, 0.2) is 53.5 Å². The molecule has 0 fully saturated rings. The quantitative estimate of drug-likeness (QED) is 0.446. The fourth-order valence-corrected chi connectivity index (χ4v) is 3.68.